The van der Waals surface area contributed by atoms with Gasteiger partial charge < -0.3 is 20.4 Å². The molecule has 0 aromatic heterocycles. The van der Waals surface area contributed by atoms with Crippen LogP contribution in [0.5, 0.6) is 0 Å². The van der Waals surface area contributed by atoms with Crippen molar-refractivity contribution >= 4 is 17.7 Å². The Morgan fingerprint density at radius 2 is 2.00 bits per heavy atom. The highest BCUT2D eigenvalue weighted by Gasteiger charge is 2.33. The van der Waals surface area contributed by atoms with Crippen LogP contribution in [-0.4, -0.2) is 34.5 Å². The van der Waals surface area contributed by atoms with Crippen molar-refractivity contribution in [2.24, 2.45) is 5.92 Å². The molecule has 1 aliphatic carbocycles. The summed E-state index contributed by atoms with van der Waals surface area (Å²) in [5.41, 5.74) is -0.521. The number of ether oxygens (including phenoxy) is 1. The van der Waals surface area contributed by atoms with Gasteiger partial charge in [0.1, 0.15) is 11.3 Å². The molecular weight excluding hydrogens is 226 g/mol. The minimum Gasteiger partial charge on any atom is -0.492 e. The van der Waals surface area contributed by atoms with Crippen LogP contribution in [-0.2, 0) is 14.3 Å². The summed E-state index contributed by atoms with van der Waals surface area (Å²) in [6.07, 6.45) is 1.13. The van der Waals surface area contributed by atoms with Crippen LogP contribution in [0.2, 0.25) is 0 Å². The van der Waals surface area contributed by atoms with Crippen molar-refractivity contribution in [3.63, 3.8) is 0 Å². The van der Waals surface area contributed by atoms with E-state index in [9.17, 15) is 9.59 Å². The lowest BCUT2D eigenvalue weighted by atomic mass is 9.86. The zero-order valence-electron chi connectivity index (χ0n) is 9.48. The van der Waals surface area contributed by atoms with Gasteiger partial charge in [0.15, 0.2) is 0 Å². The summed E-state index contributed by atoms with van der Waals surface area (Å²) >= 11 is 0. The first kappa shape index (κ1) is 13.0. The number of carbonyl (C=O) groups is 2. The Kier molecular flexibility index (Phi) is 3.67. The van der Waals surface area contributed by atoms with Gasteiger partial charge in [-0.15, -0.1) is 0 Å². The Labute approximate surface area is 97.7 Å². The number of carboxylic acids is 2. The Morgan fingerprint density at radius 3 is 2.41 bits per heavy atom. The van der Waals surface area contributed by atoms with E-state index < -0.39 is 17.9 Å². The van der Waals surface area contributed by atoms with Crippen molar-refractivity contribution in [2.75, 3.05) is 6.61 Å². The monoisotopic (exact) mass is 239 g/mol. The Bertz CT molecular complexity index is 447. The van der Waals surface area contributed by atoms with E-state index in [4.69, 9.17) is 20.4 Å². The van der Waals surface area contributed by atoms with E-state index in [2.05, 4.69) is 0 Å². The smallest absolute Gasteiger partial charge is 0.339 e. The van der Waals surface area contributed by atoms with Gasteiger partial charge in [-0.3, -0.25) is 0 Å². The van der Waals surface area contributed by atoms with Gasteiger partial charge in [0.2, 0.25) is 0 Å². The first-order chi connectivity index (χ1) is 7.90. The van der Waals surface area contributed by atoms with Crippen LogP contribution in [0, 0.1) is 11.3 Å². The molecule has 0 radical (unpaired) electrons. The molecule has 92 valence electrons. The molecule has 0 aromatic rings. The fourth-order valence-electron chi connectivity index (χ4n) is 1.58. The van der Waals surface area contributed by atoms with Crippen LogP contribution in [0.1, 0.15) is 13.8 Å². The molecular formula is C11H13NO5. The highest BCUT2D eigenvalue weighted by atomic mass is 16.5. The van der Waals surface area contributed by atoms with Crippen LogP contribution in [0.4, 0.5) is 0 Å². The zero-order chi connectivity index (χ0) is 13.2. The van der Waals surface area contributed by atoms with Crippen LogP contribution in [0.25, 0.3) is 0 Å². The van der Waals surface area contributed by atoms with Gasteiger partial charge in [0.25, 0.3) is 0 Å². The normalized spacial score (nSPS) is 20.0. The van der Waals surface area contributed by atoms with Crippen molar-refractivity contribution in [1.29, 1.82) is 5.41 Å². The lowest BCUT2D eigenvalue weighted by molar-refractivity contribution is -0.133. The number of nitrogens with one attached hydrogen (secondary N) is 1. The van der Waals surface area contributed by atoms with E-state index in [0.717, 1.165) is 6.08 Å². The van der Waals surface area contributed by atoms with Gasteiger partial charge in [-0.1, -0.05) is 6.92 Å². The van der Waals surface area contributed by atoms with Crippen molar-refractivity contribution in [2.45, 2.75) is 13.8 Å². The van der Waals surface area contributed by atoms with E-state index in [0.29, 0.717) is 0 Å². The van der Waals surface area contributed by atoms with E-state index in [-0.39, 0.29) is 29.2 Å². The summed E-state index contributed by atoms with van der Waals surface area (Å²) in [5.74, 6) is -3.41. The number of aliphatic carboxylic acids is 2. The van der Waals surface area contributed by atoms with E-state index >= 15 is 0 Å². The topological polar surface area (TPSA) is 108 Å². The standard InChI is InChI=1S/C11H13NO5/c1-3-17-9-6(10(13)14)4-7(12)5(2)8(9)11(15)16/h4-5,12H,3H2,1-2H3,(H,13,14)(H,15,16). The van der Waals surface area contributed by atoms with E-state index in [1.54, 1.807) is 6.92 Å². The quantitative estimate of drug-likeness (QED) is 0.679. The van der Waals surface area contributed by atoms with Crippen LogP contribution < -0.4 is 0 Å². The molecule has 0 amide bonds. The first-order valence-corrected chi connectivity index (χ1v) is 5.04. The fourth-order valence-corrected chi connectivity index (χ4v) is 1.58. The average Bonchev–Trinajstić information content (AvgIpc) is 2.22. The van der Waals surface area contributed by atoms with Crippen LogP contribution >= 0.6 is 0 Å². The SMILES string of the molecule is CCOC1=C(C(=O)O)C(C)C(=N)C=C1C(=O)O. The Hall–Kier alpha value is -2.11. The summed E-state index contributed by atoms with van der Waals surface area (Å²) in [7, 11) is 0. The second-order valence-corrected chi connectivity index (χ2v) is 3.52. The number of carboxylic acid groups (broad SMARTS) is 2. The second-order valence-electron chi connectivity index (χ2n) is 3.52. The number of hydrogen-bond donors (Lipinski definition) is 3. The van der Waals surface area contributed by atoms with Gasteiger partial charge >= 0.3 is 11.9 Å². The molecule has 3 N–H and O–H groups in total. The third-order valence-electron chi connectivity index (χ3n) is 2.44. The minimum atomic E-state index is -1.30. The average molecular weight is 239 g/mol. The van der Waals surface area contributed by atoms with Crippen molar-refractivity contribution < 1.29 is 24.5 Å². The molecule has 0 aliphatic heterocycles. The molecule has 6 nitrogen and oxygen atoms in total. The van der Waals surface area contributed by atoms with Crippen molar-refractivity contribution in [3.8, 4) is 0 Å². The van der Waals surface area contributed by atoms with Gasteiger partial charge in [0, 0.05) is 11.6 Å². The predicted octanol–water partition coefficient (Wildman–Crippen LogP) is 1.04. The molecule has 1 unspecified atom stereocenters. The van der Waals surface area contributed by atoms with E-state index in [1.165, 1.54) is 6.92 Å². The summed E-state index contributed by atoms with van der Waals surface area (Å²) < 4.78 is 5.10. The van der Waals surface area contributed by atoms with Gasteiger partial charge in [-0.05, 0) is 13.0 Å². The summed E-state index contributed by atoms with van der Waals surface area (Å²) in [5, 5.41) is 25.6. The summed E-state index contributed by atoms with van der Waals surface area (Å²) in [4.78, 5) is 22.1. The summed E-state index contributed by atoms with van der Waals surface area (Å²) in [6, 6.07) is 0. The molecule has 0 spiro atoms. The van der Waals surface area contributed by atoms with Gasteiger partial charge in [-0.2, -0.15) is 0 Å². The van der Waals surface area contributed by atoms with Crippen molar-refractivity contribution in [3.05, 3.63) is 23.0 Å². The summed E-state index contributed by atoms with van der Waals surface area (Å²) in [6.45, 7) is 3.33. The van der Waals surface area contributed by atoms with Crippen molar-refractivity contribution in [1.82, 2.24) is 0 Å². The Morgan fingerprint density at radius 1 is 1.41 bits per heavy atom. The molecule has 0 bridgehead atoms. The fraction of sp³-hybridized carbons (Fsp3) is 0.364. The number of allylic oxidation sites excluding steroid dienone is 1. The lowest BCUT2D eigenvalue weighted by Gasteiger charge is -2.22. The highest BCUT2D eigenvalue weighted by molar-refractivity contribution is 6.11. The predicted molar refractivity (Wildman–Crippen MR) is 58.9 cm³/mol. The maximum Gasteiger partial charge on any atom is 0.339 e. The van der Waals surface area contributed by atoms with E-state index in [1.807, 2.05) is 0 Å². The molecule has 6 heteroatoms. The molecule has 1 aliphatic rings. The largest absolute Gasteiger partial charge is 0.492 e. The highest BCUT2D eigenvalue weighted by Crippen LogP contribution is 2.29. The number of hydrogen-bond acceptors (Lipinski definition) is 4. The molecule has 0 aromatic carbocycles. The van der Waals surface area contributed by atoms with Gasteiger partial charge in [-0.25, -0.2) is 9.59 Å². The number of rotatable bonds is 4. The molecule has 0 heterocycles. The molecule has 1 rings (SSSR count). The molecule has 0 saturated carbocycles. The molecule has 0 fully saturated rings. The Balaban J connectivity index is 3.41. The maximum absolute atomic E-state index is 11.1. The van der Waals surface area contributed by atoms with Crippen LogP contribution in [0.15, 0.2) is 23.0 Å². The minimum absolute atomic E-state index is 0.0525. The zero-order valence-corrected chi connectivity index (χ0v) is 9.48. The third kappa shape index (κ3) is 2.35. The maximum atomic E-state index is 11.1. The first-order valence-electron chi connectivity index (χ1n) is 5.04. The second kappa shape index (κ2) is 4.82. The van der Waals surface area contributed by atoms with Crippen LogP contribution in [0.3, 0.4) is 0 Å². The molecule has 0 saturated heterocycles. The molecule has 1 atom stereocenters. The lowest BCUT2D eigenvalue weighted by Crippen LogP contribution is -2.27. The van der Waals surface area contributed by atoms with Gasteiger partial charge in [0.05, 0.1) is 12.2 Å². The molecule has 17 heavy (non-hydrogen) atoms. The third-order valence-corrected chi connectivity index (χ3v) is 2.44.